The van der Waals surface area contributed by atoms with Crippen LogP contribution in [0.1, 0.15) is 0 Å². The number of nitrogens with zero attached hydrogens (tertiary/aromatic N) is 2. The molecule has 3 rings (SSSR count). The van der Waals surface area contributed by atoms with E-state index in [0.717, 1.165) is 11.8 Å². The zero-order valence-electron chi connectivity index (χ0n) is 14.9. The standard InChI is InChI=1S/C19H17ClFN3O3S/c1-27-9-8-24-18(26)13-4-2-3-5-16(13)23-19(24)28-11-17(25)22-12-6-7-15(21)14(20)10-12/h2-7,10H,8-9,11H2,1H3,(H,22,25). The van der Waals surface area contributed by atoms with Crippen molar-refractivity contribution in [3.8, 4) is 0 Å². The van der Waals surface area contributed by atoms with Crippen LogP contribution in [0.4, 0.5) is 10.1 Å². The number of halogens is 2. The molecule has 0 fully saturated rings. The number of fused-ring (bicyclic) bond motifs is 1. The van der Waals surface area contributed by atoms with E-state index in [9.17, 15) is 14.0 Å². The van der Waals surface area contributed by atoms with Crippen LogP contribution in [0.3, 0.4) is 0 Å². The number of methoxy groups -OCH3 is 1. The lowest BCUT2D eigenvalue weighted by atomic mass is 10.2. The smallest absolute Gasteiger partial charge is 0.262 e. The van der Waals surface area contributed by atoms with Gasteiger partial charge in [0.25, 0.3) is 5.56 Å². The molecule has 1 amide bonds. The normalized spacial score (nSPS) is 11.0. The van der Waals surface area contributed by atoms with Crippen LogP contribution >= 0.6 is 23.4 Å². The molecule has 0 radical (unpaired) electrons. The van der Waals surface area contributed by atoms with Gasteiger partial charge >= 0.3 is 0 Å². The van der Waals surface area contributed by atoms with Crippen molar-refractivity contribution in [2.24, 2.45) is 0 Å². The number of ether oxygens (including phenoxy) is 1. The highest BCUT2D eigenvalue weighted by Crippen LogP contribution is 2.21. The molecule has 28 heavy (non-hydrogen) atoms. The summed E-state index contributed by atoms with van der Waals surface area (Å²) in [6, 6.07) is 11.0. The highest BCUT2D eigenvalue weighted by atomic mass is 35.5. The van der Waals surface area contributed by atoms with Crippen LogP contribution in [-0.2, 0) is 16.1 Å². The summed E-state index contributed by atoms with van der Waals surface area (Å²) in [6.45, 7) is 0.665. The molecule has 6 nitrogen and oxygen atoms in total. The SMILES string of the molecule is COCCn1c(SCC(=O)Nc2ccc(F)c(Cl)c2)nc2ccccc2c1=O. The van der Waals surface area contributed by atoms with Crippen molar-refractivity contribution in [3.63, 3.8) is 0 Å². The van der Waals surface area contributed by atoms with E-state index in [1.807, 2.05) is 0 Å². The van der Waals surface area contributed by atoms with Crippen molar-refractivity contribution in [1.29, 1.82) is 0 Å². The van der Waals surface area contributed by atoms with E-state index in [2.05, 4.69) is 10.3 Å². The molecule has 0 bridgehead atoms. The minimum Gasteiger partial charge on any atom is -0.383 e. The molecule has 0 spiro atoms. The molecule has 0 aliphatic heterocycles. The van der Waals surface area contributed by atoms with Crippen LogP contribution in [0, 0.1) is 5.82 Å². The van der Waals surface area contributed by atoms with Crippen LogP contribution < -0.4 is 10.9 Å². The summed E-state index contributed by atoms with van der Waals surface area (Å²) >= 11 is 6.86. The van der Waals surface area contributed by atoms with E-state index in [0.29, 0.717) is 34.9 Å². The van der Waals surface area contributed by atoms with Crippen LogP contribution in [0.25, 0.3) is 10.9 Å². The number of para-hydroxylation sites is 1. The number of carbonyl (C=O) groups excluding carboxylic acids is 1. The van der Waals surface area contributed by atoms with Gasteiger partial charge in [0, 0.05) is 12.8 Å². The number of aromatic nitrogens is 2. The lowest BCUT2D eigenvalue weighted by molar-refractivity contribution is -0.113. The third kappa shape index (κ3) is 4.70. The largest absolute Gasteiger partial charge is 0.383 e. The number of thioether (sulfide) groups is 1. The van der Waals surface area contributed by atoms with Crippen LogP contribution in [0.5, 0.6) is 0 Å². The Balaban J connectivity index is 1.79. The minimum atomic E-state index is -0.559. The Hall–Kier alpha value is -2.42. The van der Waals surface area contributed by atoms with Gasteiger partial charge in [0.05, 0.1) is 34.8 Å². The lowest BCUT2D eigenvalue weighted by Crippen LogP contribution is -2.26. The second kappa shape index (κ2) is 9.18. The third-order valence-corrected chi connectivity index (χ3v) is 5.15. The molecule has 3 aromatic rings. The first-order valence-corrected chi connectivity index (χ1v) is 9.72. The molecule has 0 saturated carbocycles. The van der Waals surface area contributed by atoms with E-state index < -0.39 is 5.82 Å². The minimum absolute atomic E-state index is 0.0206. The molecule has 1 heterocycles. The van der Waals surface area contributed by atoms with Gasteiger partial charge in [-0.25, -0.2) is 9.37 Å². The molecule has 2 aromatic carbocycles. The Bertz CT molecular complexity index is 1070. The van der Waals surface area contributed by atoms with Gasteiger partial charge in [-0.15, -0.1) is 0 Å². The Morgan fingerprint density at radius 2 is 2.11 bits per heavy atom. The van der Waals surface area contributed by atoms with Crippen molar-refractivity contribution in [3.05, 3.63) is 63.7 Å². The number of hydrogen-bond acceptors (Lipinski definition) is 5. The molecular weight excluding hydrogens is 405 g/mol. The summed E-state index contributed by atoms with van der Waals surface area (Å²) in [5.74, 6) is -0.864. The maximum atomic E-state index is 13.2. The quantitative estimate of drug-likeness (QED) is 0.466. The summed E-state index contributed by atoms with van der Waals surface area (Å²) in [5.41, 5.74) is 0.769. The molecule has 146 valence electrons. The van der Waals surface area contributed by atoms with Gasteiger partial charge in [0.1, 0.15) is 5.82 Å². The fourth-order valence-corrected chi connectivity index (χ4v) is 3.54. The van der Waals surface area contributed by atoms with E-state index in [4.69, 9.17) is 16.3 Å². The Morgan fingerprint density at radius 3 is 2.86 bits per heavy atom. The fraction of sp³-hybridized carbons (Fsp3) is 0.211. The predicted molar refractivity (Wildman–Crippen MR) is 109 cm³/mol. The van der Waals surface area contributed by atoms with E-state index in [1.165, 1.54) is 22.8 Å². The van der Waals surface area contributed by atoms with Gasteiger partial charge in [-0.05, 0) is 30.3 Å². The first-order valence-electron chi connectivity index (χ1n) is 8.36. The van der Waals surface area contributed by atoms with Crippen molar-refractivity contribution >= 4 is 45.9 Å². The van der Waals surface area contributed by atoms with E-state index >= 15 is 0 Å². The van der Waals surface area contributed by atoms with Gasteiger partial charge in [0.2, 0.25) is 5.91 Å². The van der Waals surface area contributed by atoms with Crippen molar-refractivity contribution < 1.29 is 13.9 Å². The molecule has 0 unspecified atom stereocenters. The fourth-order valence-electron chi connectivity index (χ4n) is 2.54. The van der Waals surface area contributed by atoms with Crippen LogP contribution in [0.2, 0.25) is 5.02 Å². The van der Waals surface area contributed by atoms with Gasteiger partial charge in [-0.3, -0.25) is 14.2 Å². The summed E-state index contributed by atoms with van der Waals surface area (Å²) in [7, 11) is 1.55. The van der Waals surface area contributed by atoms with Gasteiger partial charge in [-0.1, -0.05) is 35.5 Å². The van der Waals surface area contributed by atoms with E-state index in [-0.39, 0.29) is 22.2 Å². The number of hydrogen-bond donors (Lipinski definition) is 1. The zero-order valence-corrected chi connectivity index (χ0v) is 16.5. The van der Waals surface area contributed by atoms with Gasteiger partial charge < -0.3 is 10.1 Å². The summed E-state index contributed by atoms with van der Waals surface area (Å²) in [6.07, 6.45) is 0. The number of anilines is 1. The molecule has 0 saturated heterocycles. The molecule has 0 atom stereocenters. The molecule has 1 N–H and O–H groups in total. The van der Waals surface area contributed by atoms with Crippen molar-refractivity contribution in [2.75, 3.05) is 24.8 Å². The van der Waals surface area contributed by atoms with Gasteiger partial charge in [0.15, 0.2) is 5.16 Å². The second-order valence-corrected chi connectivity index (χ2v) is 7.18. The van der Waals surface area contributed by atoms with Crippen molar-refractivity contribution in [1.82, 2.24) is 9.55 Å². The number of carbonyl (C=O) groups is 1. The highest BCUT2D eigenvalue weighted by molar-refractivity contribution is 7.99. The van der Waals surface area contributed by atoms with E-state index in [1.54, 1.807) is 31.4 Å². The number of amides is 1. The Kier molecular flexibility index (Phi) is 6.66. The summed E-state index contributed by atoms with van der Waals surface area (Å²) in [4.78, 5) is 29.5. The van der Waals surface area contributed by atoms with Crippen LogP contribution in [-0.4, -0.2) is 34.9 Å². The second-order valence-electron chi connectivity index (χ2n) is 5.83. The number of nitrogens with one attached hydrogen (secondary N) is 1. The average Bonchev–Trinajstić information content (AvgIpc) is 2.69. The highest BCUT2D eigenvalue weighted by Gasteiger charge is 2.13. The number of rotatable bonds is 7. The molecule has 0 aliphatic carbocycles. The molecular formula is C19H17ClFN3O3S. The molecule has 0 aliphatic rings. The third-order valence-electron chi connectivity index (χ3n) is 3.88. The lowest BCUT2D eigenvalue weighted by Gasteiger charge is -2.13. The zero-order chi connectivity index (χ0) is 20.1. The first-order chi connectivity index (χ1) is 13.5. The summed E-state index contributed by atoms with van der Waals surface area (Å²) in [5, 5.41) is 3.50. The Morgan fingerprint density at radius 1 is 1.32 bits per heavy atom. The first kappa shape index (κ1) is 20.3. The molecule has 1 aromatic heterocycles. The summed E-state index contributed by atoms with van der Waals surface area (Å²) < 4.78 is 19.8. The Labute approximate surface area is 169 Å². The van der Waals surface area contributed by atoms with Crippen molar-refractivity contribution in [2.45, 2.75) is 11.7 Å². The maximum absolute atomic E-state index is 13.2. The number of benzene rings is 2. The average molecular weight is 422 g/mol. The van der Waals surface area contributed by atoms with Gasteiger partial charge in [-0.2, -0.15) is 0 Å². The topological polar surface area (TPSA) is 73.2 Å². The maximum Gasteiger partial charge on any atom is 0.262 e. The molecule has 9 heteroatoms. The predicted octanol–water partition coefficient (Wildman–Crippen LogP) is 3.57. The van der Waals surface area contributed by atoms with Crippen LogP contribution in [0.15, 0.2) is 52.4 Å². The monoisotopic (exact) mass is 421 g/mol.